The molecule has 0 radical (unpaired) electrons. The molecule has 0 aliphatic carbocycles. The molecular formula is C17H14Cl2N2O5. The van der Waals surface area contributed by atoms with Crippen LogP contribution in [-0.2, 0) is 14.3 Å². The van der Waals surface area contributed by atoms with Crippen LogP contribution in [-0.4, -0.2) is 36.0 Å². The van der Waals surface area contributed by atoms with Gasteiger partial charge in [-0.25, -0.2) is 0 Å². The van der Waals surface area contributed by atoms with Gasteiger partial charge in [-0.3, -0.25) is 14.4 Å². The summed E-state index contributed by atoms with van der Waals surface area (Å²) in [6.07, 6.45) is 0. The largest absolute Gasteiger partial charge is 0.508 e. The van der Waals surface area contributed by atoms with Gasteiger partial charge in [0.05, 0.1) is 10.0 Å². The summed E-state index contributed by atoms with van der Waals surface area (Å²) < 4.78 is 4.77. The van der Waals surface area contributed by atoms with E-state index in [-0.39, 0.29) is 16.3 Å². The van der Waals surface area contributed by atoms with Gasteiger partial charge in [0.15, 0.2) is 6.61 Å². The highest BCUT2D eigenvalue weighted by Crippen LogP contribution is 2.22. The zero-order valence-electron chi connectivity index (χ0n) is 13.3. The Morgan fingerprint density at radius 3 is 2.35 bits per heavy atom. The van der Waals surface area contributed by atoms with Crippen LogP contribution in [0, 0.1) is 0 Å². The standard InChI is InChI=1S/C17H14Cl2N2O5/c18-13-6-1-10(7-14(13)19)17(25)20-8-16(24)26-9-15(23)21-11-2-4-12(22)5-3-11/h1-7,22H,8-9H2,(H,20,25)(H,21,23). The Hall–Kier alpha value is -2.77. The molecule has 0 heterocycles. The van der Waals surface area contributed by atoms with Crippen molar-refractivity contribution < 1.29 is 24.2 Å². The first-order valence-corrected chi connectivity index (χ1v) is 8.08. The zero-order chi connectivity index (χ0) is 19.1. The molecule has 0 bridgehead atoms. The van der Waals surface area contributed by atoms with E-state index in [1.807, 2.05) is 0 Å². The number of rotatable bonds is 6. The molecule has 2 rings (SSSR count). The van der Waals surface area contributed by atoms with Gasteiger partial charge in [0.2, 0.25) is 0 Å². The van der Waals surface area contributed by atoms with E-state index in [1.54, 1.807) is 0 Å². The Morgan fingerprint density at radius 1 is 1.00 bits per heavy atom. The average Bonchev–Trinajstić information content (AvgIpc) is 2.62. The molecule has 9 heteroatoms. The minimum absolute atomic E-state index is 0.0622. The van der Waals surface area contributed by atoms with Crippen molar-refractivity contribution in [1.82, 2.24) is 5.32 Å². The minimum atomic E-state index is -0.778. The van der Waals surface area contributed by atoms with E-state index in [0.717, 1.165) is 0 Å². The molecule has 7 nitrogen and oxygen atoms in total. The molecule has 26 heavy (non-hydrogen) atoms. The first-order valence-electron chi connectivity index (χ1n) is 7.33. The number of halogens is 2. The van der Waals surface area contributed by atoms with E-state index >= 15 is 0 Å². The van der Waals surface area contributed by atoms with Gasteiger partial charge in [0.25, 0.3) is 11.8 Å². The highest BCUT2D eigenvalue weighted by Gasteiger charge is 2.12. The summed E-state index contributed by atoms with van der Waals surface area (Å²) in [5.74, 6) is -1.81. The van der Waals surface area contributed by atoms with Gasteiger partial charge in [-0.2, -0.15) is 0 Å². The van der Waals surface area contributed by atoms with Crippen molar-refractivity contribution in [3.05, 3.63) is 58.1 Å². The van der Waals surface area contributed by atoms with Crippen molar-refractivity contribution in [2.45, 2.75) is 0 Å². The van der Waals surface area contributed by atoms with E-state index in [4.69, 9.17) is 33.0 Å². The van der Waals surface area contributed by atoms with E-state index in [2.05, 4.69) is 10.6 Å². The molecule has 0 saturated carbocycles. The summed E-state index contributed by atoms with van der Waals surface area (Å²) in [4.78, 5) is 35.2. The Kier molecular flexibility index (Phi) is 6.82. The second-order valence-electron chi connectivity index (χ2n) is 5.07. The second-order valence-corrected chi connectivity index (χ2v) is 5.88. The lowest BCUT2D eigenvalue weighted by Gasteiger charge is -2.08. The Morgan fingerprint density at radius 2 is 1.69 bits per heavy atom. The van der Waals surface area contributed by atoms with Crippen molar-refractivity contribution in [3.8, 4) is 5.75 Å². The number of carbonyl (C=O) groups excluding carboxylic acids is 3. The first kappa shape index (κ1) is 19.6. The highest BCUT2D eigenvalue weighted by molar-refractivity contribution is 6.42. The summed E-state index contributed by atoms with van der Waals surface area (Å²) >= 11 is 11.6. The normalized spacial score (nSPS) is 10.1. The van der Waals surface area contributed by atoms with Crippen LogP contribution < -0.4 is 10.6 Å². The Balaban J connectivity index is 1.74. The number of esters is 1. The molecule has 0 atom stereocenters. The molecule has 0 unspecified atom stereocenters. The Bertz CT molecular complexity index is 824. The molecule has 0 saturated heterocycles. The van der Waals surface area contributed by atoms with Crippen molar-refractivity contribution in [2.24, 2.45) is 0 Å². The molecule has 136 valence electrons. The number of benzene rings is 2. The first-order chi connectivity index (χ1) is 12.3. The summed E-state index contributed by atoms with van der Waals surface area (Å²) in [7, 11) is 0. The van der Waals surface area contributed by atoms with Crippen LogP contribution in [0.5, 0.6) is 5.75 Å². The van der Waals surface area contributed by atoms with Gasteiger partial charge in [0, 0.05) is 11.3 Å². The number of hydrogen-bond donors (Lipinski definition) is 3. The van der Waals surface area contributed by atoms with E-state index in [0.29, 0.717) is 10.7 Å². The fourth-order valence-corrected chi connectivity index (χ4v) is 2.13. The number of amides is 2. The maximum atomic E-state index is 11.9. The number of phenols is 1. The van der Waals surface area contributed by atoms with E-state index in [9.17, 15) is 14.4 Å². The fourth-order valence-electron chi connectivity index (χ4n) is 1.83. The monoisotopic (exact) mass is 396 g/mol. The number of ether oxygens (including phenoxy) is 1. The van der Waals surface area contributed by atoms with Gasteiger partial charge >= 0.3 is 5.97 Å². The highest BCUT2D eigenvalue weighted by atomic mass is 35.5. The van der Waals surface area contributed by atoms with Crippen LogP contribution in [0.1, 0.15) is 10.4 Å². The summed E-state index contributed by atoms with van der Waals surface area (Å²) in [6.45, 7) is -0.923. The number of hydrogen-bond acceptors (Lipinski definition) is 5. The SMILES string of the molecule is O=C(COC(=O)CNC(=O)c1ccc(Cl)c(Cl)c1)Nc1ccc(O)cc1. The van der Waals surface area contributed by atoms with Crippen molar-refractivity contribution in [1.29, 1.82) is 0 Å². The van der Waals surface area contributed by atoms with Crippen molar-refractivity contribution in [2.75, 3.05) is 18.5 Å². The van der Waals surface area contributed by atoms with Crippen molar-refractivity contribution in [3.63, 3.8) is 0 Å². The topological polar surface area (TPSA) is 105 Å². The lowest BCUT2D eigenvalue weighted by Crippen LogP contribution is -2.32. The molecule has 3 N–H and O–H groups in total. The van der Waals surface area contributed by atoms with Crippen LogP contribution in [0.3, 0.4) is 0 Å². The maximum absolute atomic E-state index is 11.9. The van der Waals surface area contributed by atoms with Gasteiger partial charge in [-0.05, 0) is 42.5 Å². The molecule has 0 aliphatic heterocycles. The maximum Gasteiger partial charge on any atom is 0.325 e. The third-order valence-electron chi connectivity index (χ3n) is 3.09. The van der Waals surface area contributed by atoms with Crippen LogP contribution in [0.15, 0.2) is 42.5 Å². The lowest BCUT2D eigenvalue weighted by atomic mass is 10.2. The van der Waals surface area contributed by atoms with Crippen LogP contribution in [0.2, 0.25) is 10.0 Å². The molecule has 0 aromatic heterocycles. The van der Waals surface area contributed by atoms with Gasteiger partial charge in [0.1, 0.15) is 12.3 Å². The van der Waals surface area contributed by atoms with Gasteiger partial charge in [-0.1, -0.05) is 23.2 Å². The quantitative estimate of drug-likeness (QED) is 0.514. The third kappa shape index (κ3) is 5.94. The van der Waals surface area contributed by atoms with E-state index < -0.39 is 30.9 Å². The molecule has 2 amide bonds. The van der Waals surface area contributed by atoms with Gasteiger partial charge in [-0.15, -0.1) is 0 Å². The zero-order valence-corrected chi connectivity index (χ0v) is 14.8. The number of nitrogens with one attached hydrogen (secondary N) is 2. The third-order valence-corrected chi connectivity index (χ3v) is 3.83. The number of carbonyl (C=O) groups is 3. The smallest absolute Gasteiger partial charge is 0.325 e. The molecule has 2 aromatic carbocycles. The predicted molar refractivity (Wildman–Crippen MR) is 96.5 cm³/mol. The van der Waals surface area contributed by atoms with Gasteiger partial charge < -0.3 is 20.5 Å². The molecule has 0 fully saturated rings. The minimum Gasteiger partial charge on any atom is -0.508 e. The summed E-state index contributed by atoms with van der Waals surface area (Å²) in [5.41, 5.74) is 0.675. The number of phenolic OH excluding ortho intramolecular Hbond substituents is 1. The van der Waals surface area contributed by atoms with Crippen LogP contribution in [0.4, 0.5) is 5.69 Å². The lowest BCUT2D eigenvalue weighted by molar-refractivity contribution is -0.146. The summed E-state index contributed by atoms with van der Waals surface area (Å²) in [5, 5.41) is 14.5. The van der Waals surface area contributed by atoms with Crippen LogP contribution in [0.25, 0.3) is 0 Å². The Labute approximate surface area is 158 Å². The molecule has 0 aliphatic rings. The molecular weight excluding hydrogens is 383 g/mol. The fraction of sp³-hybridized carbons (Fsp3) is 0.118. The predicted octanol–water partition coefficient (Wildman–Crippen LogP) is 2.61. The van der Waals surface area contributed by atoms with E-state index in [1.165, 1.54) is 42.5 Å². The summed E-state index contributed by atoms with van der Waals surface area (Å²) in [6, 6.07) is 10.1. The average molecular weight is 397 g/mol. The molecule has 2 aromatic rings. The number of anilines is 1. The number of aromatic hydroxyl groups is 1. The molecule has 0 spiro atoms. The second kappa shape index (κ2) is 9.07. The van der Waals surface area contributed by atoms with Crippen molar-refractivity contribution >= 4 is 46.7 Å². The van der Waals surface area contributed by atoms with Crippen LogP contribution >= 0.6 is 23.2 Å².